The van der Waals surface area contributed by atoms with Crippen LogP contribution in [0.3, 0.4) is 0 Å². The lowest BCUT2D eigenvalue weighted by Crippen LogP contribution is -2.14. The minimum absolute atomic E-state index is 0.148. The van der Waals surface area contributed by atoms with E-state index < -0.39 is 0 Å². The van der Waals surface area contributed by atoms with E-state index >= 15 is 0 Å². The van der Waals surface area contributed by atoms with Crippen molar-refractivity contribution >= 4 is 27.7 Å². The van der Waals surface area contributed by atoms with Gasteiger partial charge in [0.2, 0.25) is 0 Å². The predicted octanol–water partition coefficient (Wildman–Crippen LogP) is 3.65. The molecule has 0 amide bonds. The maximum Gasteiger partial charge on any atom is 0.127 e. The van der Waals surface area contributed by atoms with Crippen LogP contribution < -0.4 is 15.2 Å². The van der Waals surface area contributed by atoms with E-state index in [0.717, 1.165) is 26.6 Å². The highest BCUT2D eigenvalue weighted by molar-refractivity contribution is 9.10. The molecule has 0 fully saturated rings. The molecular formula is C15H17BrN2O2S. The molecule has 1 aromatic carbocycles. The molecule has 0 aliphatic rings. The molecule has 0 saturated heterocycles. The van der Waals surface area contributed by atoms with E-state index in [0.29, 0.717) is 5.75 Å². The smallest absolute Gasteiger partial charge is 0.127 e. The van der Waals surface area contributed by atoms with Crippen molar-refractivity contribution in [2.24, 2.45) is 5.73 Å². The third-order valence-corrected chi connectivity index (χ3v) is 4.99. The van der Waals surface area contributed by atoms with Crippen molar-refractivity contribution in [1.82, 2.24) is 4.98 Å². The SMILES string of the molecule is COc1ccc(C(N)CSc2ncccc2Br)c(OC)c1. The molecule has 0 radical (unpaired) electrons. The normalized spacial score (nSPS) is 12.0. The van der Waals surface area contributed by atoms with Crippen LogP contribution in [0.25, 0.3) is 0 Å². The summed E-state index contributed by atoms with van der Waals surface area (Å²) < 4.78 is 11.6. The van der Waals surface area contributed by atoms with Crippen molar-refractivity contribution in [3.63, 3.8) is 0 Å². The second kappa shape index (κ2) is 7.68. The average Bonchev–Trinajstić information content (AvgIpc) is 2.53. The topological polar surface area (TPSA) is 57.4 Å². The van der Waals surface area contributed by atoms with Gasteiger partial charge in [-0.15, -0.1) is 11.8 Å². The van der Waals surface area contributed by atoms with Gasteiger partial charge in [-0.05, 0) is 34.1 Å². The van der Waals surface area contributed by atoms with Crippen molar-refractivity contribution in [3.05, 3.63) is 46.6 Å². The molecule has 4 nitrogen and oxygen atoms in total. The lowest BCUT2D eigenvalue weighted by Gasteiger charge is -2.16. The molecule has 0 aliphatic heterocycles. The van der Waals surface area contributed by atoms with Crippen LogP contribution in [0, 0.1) is 0 Å². The molecule has 0 spiro atoms. The second-order valence-corrected chi connectivity index (χ2v) is 6.18. The van der Waals surface area contributed by atoms with Gasteiger partial charge in [-0.1, -0.05) is 6.07 Å². The number of ether oxygens (including phenoxy) is 2. The van der Waals surface area contributed by atoms with Crippen molar-refractivity contribution in [1.29, 1.82) is 0 Å². The van der Waals surface area contributed by atoms with E-state index in [1.165, 1.54) is 0 Å². The largest absolute Gasteiger partial charge is 0.497 e. The van der Waals surface area contributed by atoms with E-state index in [9.17, 15) is 0 Å². The fourth-order valence-corrected chi connectivity index (χ4v) is 3.32. The summed E-state index contributed by atoms with van der Waals surface area (Å²) in [5, 5.41) is 0.931. The number of aromatic nitrogens is 1. The van der Waals surface area contributed by atoms with Crippen LogP contribution in [0.5, 0.6) is 11.5 Å². The Balaban J connectivity index is 2.10. The van der Waals surface area contributed by atoms with Gasteiger partial charge in [0.1, 0.15) is 16.5 Å². The molecule has 0 saturated carbocycles. The second-order valence-electron chi connectivity index (χ2n) is 4.32. The van der Waals surface area contributed by atoms with Gasteiger partial charge < -0.3 is 15.2 Å². The average molecular weight is 369 g/mol. The Hall–Kier alpha value is -1.24. The first-order valence-corrected chi connectivity index (χ1v) is 8.14. The first-order chi connectivity index (χ1) is 10.2. The highest BCUT2D eigenvalue weighted by Gasteiger charge is 2.14. The van der Waals surface area contributed by atoms with Gasteiger partial charge in [0.05, 0.1) is 14.2 Å². The molecule has 21 heavy (non-hydrogen) atoms. The molecule has 6 heteroatoms. The first kappa shape index (κ1) is 16.1. The summed E-state index contributed by atoms with van der Waals surface area (Å²) in [6.07, 6.45) is 1.77. The van der Waals surface area contributed by atoms with Crippen LogP contribution in [0.4, 0.5) is 0 Å². The molecule has 1 unspecified atom stereocenters. The minimum atomic E-state index is -0.148. The van der Waals surface area contributed by atoms with Crippen LogP contribution in [-0.2, 0) is 0 Å². The number of methoxy groups -OCH3 is 2. The van der Waals surface area contributed by atoms with E-state index in [1.807, 2.05) is 30.3 Å². The van der Waals surface area contributed by atoms with Gasteiger partial charge in [0.15, 0.2) is 0 Å². The van der Waals surface area contributed by atoms with E-state index in [2.05, 4.69) is 20.9 Å². The Morgan fingerprint density at radius 3 is 2.76 bits per heavy atom. The summed E-state index contributed by atoms with van der Waals surface area (Å²) in [5.74, 6) is 2.20. The zero-order chi connectivity index (χ0) is 15.2. The standard InChI is InChI=1S/C15H17BrN2O2S/c1-19-10-5-6-11(14(8-10)20-2)13(17)9-21-15-12(16)4-3-7-18-15/h3-8,13H,9,17H2,1-2H3. The Morgan fingerprint density at radius 2 is 2.10 bits per heavy atom. The first-order valence-electron chi connectivity index (χ1n) is 6.36. The number of nitrogens with zero attached hydrogens (tertiary/aromatic N) is 1. The lowest BCUT2D eigenvalue weighted by molar-refractivity contribution is 0.389. The van der Waals surface area contributed by atoms with Crippen LogP contribution in [0.2, 0.25) is 0 Å². The number of hydrogen-bond donors (Lipinski definition) is 1. The maximum absolute atomic E-state index is 6.28. The fraction of sp³-hybridized carbons (Fsp3) is 0.267. The van der Waals surface area contributed by atoms with Gasteiger partial charge in [0, 0.05) is 34.1 Å². The van der Waals surface area contributed by atoms with E-state index in [-0.39, 0.29) is 6.04 Å². The lowest BCUT2D eigenvalue weighted by atomic mass is 10.1. The summed E-state index contributed by atoms with van der Waals surface area (Å²) in [6.45, 7) is 0. The Bertz CT molecular complexity index is 610. The van der Waals surface area contributed by atoms with Crippen molar-refractivity contribution in [3.8, 4) is 11.5 Å². The molecule has 1 heterocycles. The summed E-state index contributed by atoms with van der Waals surface area (Å²) in [7, 11) is 3.26. The highest BCUT2D eigenvalue weighted by atomic mass is 79.9. The van der Waals surface area contributed by atoms with Gasteiger partial charge in [0.25, 0.3) is 0 Å². The predicted molar refractivity (Wildman–Crippen MR) is 89.1 cm³/mol. The summed E-state index contributed by atoms with van der Waals surface area (Å²) in [5.41, 5.74) is 7.23. The van der Waals surface area contributed by atoms with Crippen molar-refractivity contribution < 1.29 is 9.47 Å². The number of pyridine rings is 1. The Morgan fingerprint density at radius 1 is 1.29 bits per heavy atom. The van der Waals surface area contributed by atoms with Gasteiger partial charge in [-0.25, -0.2) is 4.98 Å². The van der Waals surface area contributed by atoms with Crippen molar-refractivity contribution in [2.75, 3.05) is 20.0 Å². The molecule has 1 aromatic heterocycles. The monoisotopic (exact) mass is 368 g/mol. The summed E-state index contributed by atoms with van der Waals surface area (Å²) in [4.78, 5) is 4.32. The Kier molecular flexibility index (Phi) is 5.90. The third-order valence-electron chi connectivity index (χ3n) is 2.96. The van der Waals surface area contributed by atoms with Gasteiger partial charge in [-0.2, -0.15) is 0 Å². The number of rotatable bonds is 6. The number of halogens is 1. The Labute approximate surface area is 137 Å². The molecule has 112 valence electrons. The van der Waals surface area contributed by atoms with Gasteiger partial charge in [-0.3, -0.25) is 0 Å². The summed E-state index contributed by atoms with van der Waals surface area (Å²) >= 11 is 5.09. The number of nitrogens with two attached hydrogens (primary N) is 1. The fourth-order valence-electron chi connectivity index (χ4n) is 1.86. The molecule has 2 N–H and O–H groups in total. The molecule has 1 atom stereocenters. The molecule has 0 bridgehead atoms. The highest BCUT2D eigenvalue weighted by Crippen LogP contribution is 2.32. The summed E-state index contributed by atoms with van der Waals surface area (Å²) in [6, 6.07) is 9.38. The van der Waals surface area contributed by atoms with E-state index in [4.69, 9.17) is 15.2 Å². The minimum Gasteiger partial charge on any atom is -0.497 e. The van der Waals surface area contributed by atoms with Crippen LogP contribution in [0.15, 0.2) is 46.0 Å². The zero-order valence-corrected chi connectivity index (χ0v) is 14.3. The van der Waals surface area contributed by atoms with E-state index in [1.54, 1.807) is 32.2 Å². The van der Waals surface area contributed by atoms with Crippen LogP contribution in [-0.4, -0.2) is 25.0 Å². The quantitative estimate of drug-likeness (QED) is 0.788. The van der Waals surface area contributed by atoms with Gasteiger partial charge >= 0.3 is 0 Å². The number of benzene rings is 1. The van der Waals surface area contributed by atoms with Crippen LogP contribution in [0.1, 0.15) is 11.6 Å². The molecule has 0 aliphatic carbocycles. The molecular weight excluding hydrogens is 352 g/mol. The van der Waals surface area contributed by atoms with Crippen LogP contribution >= 0.6 is 27.7 Å². The van der Waals surface area contributed by atoms with Crippen molar-refractivity contribution in [2.45, 2.75) is 11.1 Å². The molecule has 2 rings (SSSR count). The zero-order valence-electron chi connectivity index (χ0n) is 11.9. The maximum atomic E-state index is 6.28. The molecule has 2 aromatic rings. The number of hydrogen-bond acceptors (Lipinski definition) is 5. The third kappa shape index (κ3) is 4.12. The number of thioether (sulfide) groups is 1.